The summed E-state index contributed by atoms with van der Waals surface area (Å²) in [6.07, 6.45) is 1.85. The molecule has 98 valence electrons. The van der Waals surface area contributed by atoms with Crippen LogP contribution in [0.1, 0.15) is 18.4 Å². The third-order valence-corrected chi connectivity index (χ3v) is 3.55. The summed E-state index contributed by atoms with van der Waals surface area (Å²) < 4.78 is 13.6. The van der Waals surface area contributed by atoms with Gasteiger partial charge in [0.05, 0.1) is 6.04 Å². The van der Waals surface area contributed by atoms with Crippen molar-refractivity contribution in [2.24, 2.45) is 0 Å². The van der Waals surface area contributed by atoms with Gasteiger partial charge in [0.25, 0.3) is 0 Å². The summed E-state index contributed by atoms with van der Waals surface area (Å²) in [6, 6.07) is 4.40. The Labute approximate surface area is 111 Å². The molecule has 1 aliphatic heterocycles. The molecule has 0 aromatic heterocycles. The second kappa shape index (κ2) is 5.67. The van der Waals surface area contributed by atoms with E-state index in [4.69, 9.17) is 11.6 Å². The van der Waals surface area contributed by atoms with E-state index in [1.807, 2.05) is 0 Å². The number of nitrogens with zero attached hydrogens (tertiary/aromatic N) is 1. The fourth-order valence-corrected chi connectivity index (χ4v) is 2.38. The van der Waals surface area contributed by atoms with Crippen molar-refractivity contribution < 1.29 is 9.18 Å². The molecule has 0 radical (unpaired) electrons. The molecule has 1 amide bonds. The van der Waals surface area contributed by atoms with E-state index in [9.17, 15) is 9.18 Å². The van der Waals surface area contributed by atoms with Crippen LogP contribution in [0.25, 0.3) is 0 Å². The summed E-state index contributed by atoms with van der Waals surface area (Å²) in [7, 11) is 1.67. The molecule has 2 rings (SSSR count). The molecule has 0 aliphatic carbocycles. The van der Waals surface area contributed by atoms with Crippen molar-refractivity contribution in [1.29, 1.82) is 0 Å². The summed E-state index contributed by atoms with van der Waals surface area (Å²) in [4.78, 5) is 13.6. The first-order valence-corrected chi connectivity index (χ1v) is 6.38. The zero-order valence-electron chi connectivity index (χ0n) is 10.2. The number of likely N-dealkylation sites (N-methyl/N-ethyl adjacent to an activating group) is 1. The fourth-order valence-electron chi connectivity index (χ4n) is 2.16. The lowest BCUT2D eigenvalue weighted by molar-refractivity contribution is -0.132. The van der Waals surface area contributed by atoms with Gasteiger partial charge in [-0.3, -0.25) is 4.79 Å². The average molecular weight is 271 g/mol. The van der Waals surface area contributed by atoms with Gasteiger partial charge in [0.15, 0.2) is 0 Å². The molecule has 1 heterocycles. The highest BCUT2D eigenvalue weighted by atomic mass is 35.5. The van der Waals surface area contributed by atoms with Crippen molar-refractivity contribution in [1.82, 2.24) is 10.2 Å². The van der Waals surface area contributed by atoms with Gasteiger partial charge in [-0.25, -0.2) is 4.39 Å². The molecule has 0 spiro atoms. The Morgan fingerprint density at radius 2 is 2.39 bits per heavy atom. The Bertz CT molecular complexity index is 426. The van der Waals surface area contributed by atoms with Gasteiger partial charge in [0.2, 0.25) is 5.91 Å². The lowest BCUT2D eigenvalue weighted by Gasteiger charge is -2.22. The molecule has 1 aromatic carbocycles. The van der Waals surface area contributed by atoms with E-state index < -0.39 is 0 Å². The summed E-state index contributed by atoms with van der Waals surface area (Å²) in [5.41, 5.74) is 0.369. The molecule has 1 aromatic rings. The van der Waals surface area contributed by atoms with Crippen molar-refractivity contribution in [2.75, 3.05) is 13.6 Å². The standard InChI is InChI=1S/C13H16ClFN2O/c1-17(13(18)12-6-3-7-16-12)8-9-10(14)4-2-5-11(9)15/h2,4-5,12,16H,3,6-8H2,1H3. The van der Waals surface area contributed by atoms with Crippen molar-refractivity contribution in [2.45, 2.75) is 25.4 Å². The SMILES string of the molecule is CN(Cc1c(F)cccc1Cl)C(=O)C1CCCN1. The minimum atomic E-state index is -0.374. The Balaban J connectivity index is 2.06. The van der Waals surface area contributed by atoms with E-state index in [1.54, 1.807) is 19.2 Å². The van der Waals surface area contributed by atoms with Gasteiger partial charge in [0.1, 0.15) is 5.82 Å². The number of carbonyl (C=O) groups excluding carboxylic acids is 1. The fraction of sp³-hybridized carbons (Fsp3) is 0.462. The van der Waals surface area contributed by atoms with Crippen LogP contribution < -0.4 is 5.32 Å². The number of benzene rings is 1. The number of amides is 1. The average Bonchev–Trinajstić information content (AvgIpc) is 2.86. The molecule has 5 heteroatoms. The molecule has 1 saturated heterocycles. The molecule has 3 nitrogen and oxygen atoms in total. The van der Waals surface area contributed by atoms with Crippen LogP contribution in [-0.4, -0.2) is 30.4 Å². The molecule has 1 unspecified atom stereocenters. The largest absolute Gasteiger partial charge is 0.340 e. The van der Waals surface area contributed by atoms with Gasteiger partial charge in [-0.2, -0.15) is 0 Å². The first-order valence-electron chi connectivity index (χ1n) is 6.01. The van der Waals surface area contributed by atoms with E-state index >= 15 is 0 Å². The predicted molar refractivity (Wildman–Crippen MR) is 68.9 cm³/mol. The lowest BCUT2D eigenvalue weighted by Crippen LogP contribution is -2.41. The number of carbonyl (C=O) groups is 1. The van der Waals surface area contributed by atoms with Crippen molar-refractivity contribution in [3.05, 3.63) is 34.6 Å². The van der Waals surface area contributed by atoms with E-state index in [1.165, 1.54) is 11.0 Å². The highest BCUT2D eigenvalue weighted by molar-refractivity contribution is 6.31. The van der Waals surface area contributed by atoms with E-state index in [0.29, 0.717) is 10.6 Å². The van der Waals surface area contributed by atoms with Crippen LogP contribution >= 0.6 is 11.6 Å². The zero-order chi connectivity index (χ0) is 13.1. The highest BCUT2D eigenvalue weighted by Crippen LogP contribution is 2.21. The minimum absolute atomic E-state index is 0.00757. The van der Waals surface area contributed by atoms with Crippen LogP contribution in [0.2, 0.25) is 5.02 Å². The second-order valence-corrected chi connectivity index (χ2v) is 4.95. The Kier molecular flexibility index (Phi) is 4.19. The van der Waals surface area contributed by atoms with Crippen LogP contribution in [0.3, 0.4) is 0 Å². The number of hydrogen-bond donors (Lipinski definition) is 1. The van der Waals surface area contributed by atoms with Crippen LogP contribution in [0, 0.1) is 5.82 Å². The predicted octanol–water partition coefficient (Wildman–Crippen LogP) is 2.19. The number of rotatable bonds is 3. The van der Waals surface area contributed by atoms with Gasteiger partial charge in [-0.1, -0.05) is 17.7 Å². The Morgan fingerprint density at radius 1 is 1.61 bits per heavy atom. The number of nitrogens with one attached hydrogen (secondary N) is 1. The molecule has 1 atom stereocenters. The third kappa shape index (κ3) is 2.82. The van der Waals surface area contributed by atoms with E-state index in [-0.39, 0.29) is 24.3 Å². The molecule has 1 fully saturated rings. The van der Waals surface area contributed by atoms with Crippen LogP contribution in [-0.2, 0) is 11.3 Å². The first kappa shape index (κ1) is 13.3. The van der Waals surface area contributed by atoms with Crippen LogP contribution in [0.15, 0.2) is 18.2 Å². The van der Waals surface area contributed by atoms with Gasteiger partial charge >= 0.3 is 0 Å². The van der Waals surface area contributed by atoms with Crippen LogP contribution in [0.4, 0.5) is 4.39 Å². The molecular formula is C13H16ClFN2O. The van der Waals surface area contributed by atoms with Crippen molar-refractivity contribution in [3.63, 3.8) is 0 Å². The van der Waals surface area contributed by atoms with E-state index in [0.717, 1.165) is 19.4 Å². The number of hydrogen-bond acceptors (Lipinski definition) is 2. The smallest absolute Gasteiger partial charge is 0.239 e. The lowest BCUT2D eigenvalue weighted by atomic mass is 10.1. The monoisotopic (exact) mass is 270 g/mol. The maximum Gasteiger partial charge on any atom is 0.239 e. The van der Waals surface area contributed by atoms with Gasteiger partial charge in [-0.05, 0) is 31.5 Å². The molecule has 0 bridgehead atoms. The Morgan fingerprint density at radius 3 is 3.00 bits per heavy atom. The van der Waals surface area contributed by atoms with Crippen molar-refractivity contribution in [3.8, 4) is 0 Å². The number of halogens is 2. The quantitative estimate of drug-likeness (QED) is 0.913. The molecule has 1 N–H and O–H groups in total. The summed E-state index contributed by atoms with van der Waals surface area (Å²) >= 11 is 5.94. The van der Waals surface area contributed by atoms with Gasteiger partial charge in [-0.15, -0.1) is 0 Å². The zero-order valence-corrected chi connectivity index (χ0v) is 11.0. The van der Waals surface area contributed by atoms with Crippen LogP contribution in [0.5, 0.6) is 0 Å². The van der Waals surface area contributed by atoms with Gasteiger partial charge in [0, 0.05) is 24.2 Å². The Hall–Kier alpha value is -1.13. The summed E-state index contributed by atoms with van der Waals surface area (Å²) in [6.45, 7) is 1.06. The topological polar surface area (TPSA) is 32.3 Å². The molecular weight excluding hydrogens is 255 g/mol. The second-order valence-electron chi connectivity index (χ2n) is 4.54. The van der Waals surface area contributed by atoms with Crippen molar-refractivity contribution >= 4 is 17.5 Å². The molecule has 18 heavy (non-hydrogen) atoms. The maximum absolute atomic E-state index is 13.6. The normalized spacial score (nSPS) is 18.9. The molecule has 0 saturated carbocycles. The maximum atomic E-state index is 13.6. The highest BCUT2D eigenvalue weighted by Gasteiger charge is 2.25. The summed E-state index contributed by atoms with van der Waals surface area (Å²) in [5, 5.41) is 3.49. The van der Waals surface area contributed by atoms with Gasteiger partial charge < -0.3 is 10.2 Å². The molecule has 1 aliphatic rings. The van der Waals surface area contributed by atoms with E-state index in [2.05, 4.69) is 5.32 Å². The minimum Gasteiger partial charge on any atom is -0.340 e. The summed E-state index contributed by atoms with van der Waals surface area (Å²) in [5.74, 6) is -0.381. The first-order chi connectivity index (χ1) is 8.59. The third-order valence-electron chi connectivity index (χ3n) is 3.19.